The van der Waals surface area contributed by atoms with Crippen LogP contribution in [0.15, 0.2) is 42.5 Å². The molecule has 0 bridgehead atoms. The maximum Gasteiger partial charge on any atom is 0.244 e. The Balaban J connectivity index is 1.64. The summed E-state index contributed by atoms with van der Waals surface area (Å²) in [6, 6.07) is 12.5. The first kappa shape index (κ1) is 22.8. The Morgan fingerprint density at radius 1 is 1.15 bits per heavy atom. The lowest BCUT2D eigenvalue weighted by Crippen LogP contribution is -2.47. The Hall–Kier alpha value is -2.94. The minimum absolute atomic E-state index is 0.0685. The van der Waals surface area contributed by atoms with Gasteiger partial charge >= 0.3 is 0 Å². The summed E-state index contributed by atoms with van der Waals surface area (Å²) in [5.74, 6) is -0.0720. The lowest BCUT2D eigenvalue weighted by Gasteiger charge is -2.31. The monoisotopic (exact) mass is 499 g/mol. The molecule has 10 heteroatoms. The molecule has 1 aromatic heterocycles. The van der Waals surface area contributed by atoms with Crippen LogP contribution in [0.1, 0.15) is 42.6 Å². The smallest absolute Gasteiger partial charge is 0.244 e. The van der Waals surface area contributed by atoms with E-state index < -0.39 is 5.41 Å². The van der Waals surface area contributed by atoms with Gasteiger partial charge in [0.05, 0.1) is 12.5 Å². The van der Waals surface area contributed by atoms with Crippen LogP contribution in [0.4, 0.5) is 11.5 Å². The Labute approximate surface area is 206 Å². The highest BCUT2D eigenvalue weighted by Gasteiger charge is 2.58. The highest BCUT2D eigenvalue weighted by atomic mass is 35.5. The number of anilines is 2. The average molecular weight is 500 g/mol. The van der Waals surface area contributed by atoms with Crippen molar-refractivity contribution in [1.82, 2.24) is 15.0 Å². The summed E-state index contributed by atoms with van der Waals surface area (Å²) < 4.78 is 6.82. The fraction of sp³-hybridized carbons (Fsp3) is 0.333. The van der Waals surface area contributed by atoms with Crippen LogP contribution in [0.5, 0.6) is 0 Å². The maximum absolute atomic E-state index is 14.0. The number of methoxy groups -OCH3 is 1. The highest BCUT2D eigenvalue weighted by molar-refractivity contribution is 6.31. The Morgan fingerprint density at radius 2 is 1.88 bits per heavy atom. The number of amides is 2. The predicted molar refractivity (Wildman–Crippen MR) is 130 cm³/mol. The van der Waals surface area contributed by atoms with Gasteiger partial charge in [-0.2, -0.15) is 0 Å². The summed E-state index contributed by atoms with van der Waals surface area (Å²) in [5, 5.41) is 12.8. The lowest BCUT2D eigenvalue weighted by atomic mass is 9.73. The second kappa shape index (κ2) is 8.69. The van der Waals surface area contributed by atoms with Gasteiger partial charge in [0.2, 0.25) is 11.8 Å². The number of ether oxygens (including phenoxy) is 1. The van der Waals surface area contributed by atoms with E-state index in [0.717, 1.165) is 11.3 Å². The van der Waals surface area contributed by atoms with E-state index in [4.69, 9.17) is 27.9 Å². The average Bonchev–Trinajstić information content (AvgIpc) is 3.33. The van der Waals surface area contributed by atoms with Crippen LogP contribution in [0.2, 0.25) is 10.0 Å². The van der Waals surface area contributed by atoms with E-state index in [-0.39, 0.29) is 24.3 Å². The minimum Gasteiger partial charge on any atom is -0.385 e. The van der Waals surface area contributed by atoms with Gasteiger partial charge in [-0.15, -0.1) is 5.10 Å². The Morgan fingerprint density at radius 3 is 2.62 bits per heavy atom. The highest BCUT2D eigenvalue weighted by Crippen LogP contribution is 2.52. The van der Waals surface area contributed by atoms with E-state index in [0.29, 0.717) is 46.7 Å². The third-order valence-corrected chi connectivity index (χ3v) is 7.04. The van der Waals surface area contributed by atoms with E-state index in [1.54, 1.807) is 41.0 Å². The van der Waals surface area contributed by atoms with Gasteiger partial charge in [-0.25, -0.2) is 4.68 Å². The van der Waals surface area contributed by atoms with Gasteiger partial charge in [-0.3, -0.25) is 9.59 Å². The van der Waals surface area contributed by atoms with Crippen LogP contribution in [-0.4, -0.2) is 47.1 Å². The fourth-order valence-corrected chi connectivity index (χ4v) is 5.18. The number of carbonyl (C=O) groups is 2. The SMILES string of the molecule is COCCCN1C(=O)[C@]2(CC(=O)Nc3c2nnn3C(C)c2ccc(Cl)cc2)c2cc(Cl)ccc21. The molecule has 2 aliphatic heterocycles. The lowest BCUT2D eigenvalue weighted by molar-refractivity contribution is -0.126. The maximum atomic E-state index is 14.0. The first-order valence-corrected chi connectivity index (χ1v) is 11.7. The van der Waals surface area contributed by atoms with Crippen molar-refractivity contribution in [3.05, 3.63) is 69.3 Å². The summed E-state index contributed by atoms with van der Waals surface area (Å²) in [6.45, 7) is 2.92. The van der Waals surface area contributed by atoms with Crippen molar-refractivity contribution in [3.8, 4) is 0 Å². The van der Waals surface area contributed by atoms with E-state index in [9.17, 15) is 9.59 Å². The standard InChI is InChI=1S/C24H23Cl2N5O3/c1-14(15-4-6-16(25)7-5-15)31-22-21(28-29-31)24(13-20(32)27-22)18-12-17(26)8-9-19(18)30(23(24)33)10-3-11-34-2/h4-9,12,14H,3,10-11,13H2,1-2H3,(H,27,32)/t14?,24-/m1/s1. The number of rotatable bonds is 6. The van der Waals surface area contributed by atoms with E-state index in [2.05, 4.69) is 15.6 Å². The topological polar surface area (TPSA) is 89.3 Å². The molecule has 8 nitrogen and oxygen atoms in total. The molecular formula is C24H23Cl2N5O3. The summed E-state index contributed by atoms with van der Waals surface area (Å²) in [4.78, 5) is 28.7. The zero-order valence-corrected chi connectivity index (χ0v) is 20.2. The van der Waals surface area contributed by atoms with Crippen LogP contribution in [0, 0.1) is 0 Å². The van der Waals surface area contributed by atoms with Crippen molar-refractivity contribution >= 4 is 46.5 Å². The zero-order chi connectivity index (χ0) is 24.0. The van der Waals surface area contributed by atoms with E-state index >= 15 is 0 Å². The number of aromatic nitrogens is 3. The molecule has 2 amide bonds. The first-order valence-electron chi connectivity index (χ1n) is 11.0. The predicted octanol–water partition coefficient (Wildman–Crippen LogP) is 4.21. The summed E-state index contributed by atoms with van der Waals surface area (Å²) in [6.07, 6.45) is 0.584. The van der Waals surface area contributed by atoms with E-state index in [1.807, 2.05) is 25.1 Å². The van der Waals surface area contributed by atoms with Crippen LogP contribution in [-0.2, 0) is 19.7 Å². The van der Waals surface area contributed by atoms with Gasteiger partial charge < -0.3 is 15.0 Å². The third kappa shape index (κ3) is 3.48. The van der Waals surface area contributed by atoms with Crippen molar-refractivity contribution < 1.29 is 14.3 Å². The molecule has 1 N–H and O–H groups in total. The first-order chi connectivity index (χ1) is 16.4. The van der Waals surface area contributed by atoms with Gasteiger partial charge in [-0.05, 0) is 54.8 Å². The van der Waals surface area contributed by atoms with Crippen molar-refractivity contribution in [1.29, 1.82) is 0 Å². The molecule has 2 aromatic carbocycles. The fourth-order valence-electron chi connectivity index (χ4n) is 4.88. The van der Waals surface area contributed by atoms with Crippen molar-refractivity contribution in [2.75, 3.05) is 30.5 Å². The van der Waals surface area contributed by atoms with Gasteiger partial charge in [0.1, 0.15) is 11.1 Å². The molecule has 0 saturated heterocycles. The normalized spacial score (nSPS) is 19.8. The van der Waals surface area contributed by atoms with Crippen LogP contribution in [0.25, 0.3) is 0 Å². The molecule has 2 atom stereocenters. The number of fused-ring (bicyclic) bond motifs is 4. The molecule has 3 heterocycles. The van der Waals surface area contributed by atoms with Gasteiger partial charge in [0.15, 0.2) is 5.82 Å². The third-order valence-electron chi connectivity index (χ3n) is 6.55. The number of nitrogens with zero attached hydrogens (tertiary/aromatic N) is 4. The zero-order valence-electron chi connectivity index (χ0n) is 18.7. The number of benzene rings is 2. The van der Waals surface area contributed by atoms with Crippen molar-refractivity contribution in [2.45, 2.75) is 31.2 Å². The molecule has 5 rings (SSSR count). The molecule has 1 spiro atoms. The summed E-state index contributed by atoms with van der Waals surface area (Å²) in [5.41, 5.74) is 1.48. The van der Waals surface area contributed by atoms with Gasteiger partial charge in [-0.1, -0.05) is 40.5 Å². The minimum atomic E-state index is -1.29. The molecular weight excluding hydrogens is 477 g/mol. The van der Waals surface area contributed by atoms with Gasteiger partial charge in [0.25, 0.3) is 0 Å². The second-order valence-electron chi connectivity index (χ2n) is 8.55. The largest absolute Gasteiger partial charge is 0.385 e. The Bertz CT molecular complexity index is 1280. The molecule has 0 aliphatic carbocycles. The van der Waals surface area contributed by atoms with Crippen LogP contribution >= 0.6 is 23.2 Å². The van der Waals surface area contributed by atoms with Crippen molar-refractivity contribution in [3.63, 3.8) is 0 Å². The summed E-state index contributed by atoms with van der Waals surface area (Å²) in [7, 11) is 1.62. The van der Waals surface area contributed by atoms with Crippen LogP contribution in [0.3, 0.4) is 0 Å². The molecule has 2 aliphatic rings. The number of halogens is 2. The summed E-state index contributed by atoms with van der Waals surface area (Å²) >= 11 is 12.4. The molecule has 176 valence electrons. The molecule has 0 saturated carbocycles. The van der Waals surface area contributed by atoms with Crippen molar-refractivity contribution in [2.24, 2.45) is 0 Å². The molecule has 34 heavy (non-hydrogen) atoms. The van der Waals surface area contributed by atoms with Gasteiger partial charge in [0, 0.05) is 36.0 Å². The molecule has 0 fully saturated rings. The molecule has 1 unspecified atom stereocenters. The van der Waals surface area contributed by atoms with Crippen LogP contribution < -0.4 is 10.2 Å². The number of nitrogens with one attached hydrogen (secondary N) is 1. The second-order valence-corrected chi connectivity index (χ2v) is 9.43. The molecule has 0 radical (unpaired) electrons. The molecule has 3 aromatic rings. The number of hydrogen-bond donors (Lipinski definition) is 1. The van der Waals surface area contributed by atoms with E-state index in [1.165, 1.54) is 0 Å². The Kier molecular flexibility index (Phi) is 5.83. The quantitative estimate of drug-likeness (QED) is 0.513. The number of hydrogen-bond acceptors (Lipinski definition) is 5. The number of carbonyl (C=O) groups excluding carboxylic acids is 2.